The van der Waals surface area contributed by atoms with Crippen molar-refractivity contribution in [1.29, 1.82) is 0 Å². The molecule has 3 heteroatoms. The standard InChI is InChI=1S/C10H21NO2/c1-9(11)7-10(8-12-2)5-3-4-6-13-10/h9H,3-8,11H2,1-2H3/t9-,10?/m0/s1. The van der Waals surface area contributed by atoms with Gasteiger partial charge in [0.15, 0.2) is 0 Å². The van der Waals surface area contributed by atoms with Gasteiger partial charge in [-0.05, 0) is 32.6 Å². The Labute approximate surface area is 80.6 Å². The average molecular weight is 187 g/mol. The molecule has 13 heavy (non-hydrogen) atoms. The van der Waals surface area contributed by atoms with Gasteiger partial charge < -0.3 is 15.2 Å². The minimum atomic E-state index is -0.0961. The summed E-state index contributed by atoms with van der Waals surface area (Å²) in [6.07, 6.45) is 4.39. The minimum absolute atomic E-state index is 0.0961. The van der Waals surface area contributed by atoms with Crippen molar-refractivity contribution in [2.24, 2.45) is 5.73 Å². The number of rotatable bonds is 4. The summed E-state index contributed by atoms with van der Waals surface area (Å²) < 4.78 is 11.0. The van der Waals surface area contributed by atoms with Gasteiger partial charge in [0, 0.05) is 19.8 Å². The fraction of sp³-hybridized carbons (Fsp3) is 1.00. The Balaban J connectivity index is 2.50. The predicted molar refractivity (Wildman–Crippen MR) is 52.7 cm³/mol. The number of ether oxygens (including phenoxy) is 2. The van der Waals surface area contributed by atoms with Crippen LogP contribution >= 0.6 is 0 Å². The van der Waals surface area contributed by atoms with Crippen molar-refractivity contribution >= 4 is 0 Å². The fourth-order valence-electron chi connectivity index (χ4n) is 2.09. The average Bonchev–Trinajstić information content (AvgIpc) is 2.04. The molecule has 78 valence electrons. The van der Waals surface area contributed by atoms with E-state index in [1.165, 1.54) is 12.8 Å². The molecule has 2 N–H and O–H groups in total. The molecule has 0 aromatic carbocycles. The Hall–Kier alpha value is -0.120. The van der Waals surface area contributed by atoms with Crippen LogP contribution in [0.3, 0.4) is 0 Å². The van der Waals surface area contributed by atoms with Crippen LogP contribution in [0.2, 0.25) is 0 Å². The molecule has 1 heterocycles. The van der Waals surface area contributed by atoms with Crippen molar-refractivity contribution in [2.45, 2.75) is 44.2 Å². The molecule has 1 fully saturated rings. The van der Waals surface area contributed by atoms with Gasteiger partial charge in [-0.3, -0.25) is 0 Å². The lowest BCUT2D eigenvalue weighted by atomic mass is 9.88. The highest BCUT2D eigenvalue weighted by atomic mass is 16.5. The van der Waals surface area contributed by atoms with E-state index in [9.17, 15) is 0 Å². The lowest BCUT2D eigenvalue weighted by Crippen LogP contribution is -2.44. The second-order valence-electron chi connectivity index (χ2n) is 4.10. The van der Waals surface area contributed by atoms with E-state index in [-0.39, 0.29) is 11.6 Å². The monoisotopic (exact) mass is 187 g/mol. The van der Waals surface area contributed by atoms with E-state index in [2.05, 4.69) is 0 Å². The molecule has 0 aliphatic carbocycles. The molecule has 1 aliphatic rings. The first-order valence-electron chi connectivity index (χ1n) is 5.07. The van der Waals surface area contributed by atoms with Crippen molar-refractivity contribution in [3.05, 3.63) is 0 Å². The van der Waals surface area contributed by atoms with Crippen molar-refractivity contribution in [1.82, 2.24) is 0 Å². The molecule has 3 nitrogen and oxygen atoms in total. The van der Waals surface area contributed by atoms with Crippen molar-refractivity contribution in [3.63, 3.8) is 0 Å². The van der Waals surface area contributed by atoms with Crippen molar-refractivity contribution in [3.8, 4) is 0 Å². The summed E-state index contributed by atoms with van der Waals surface area (Å²) >= 11 is 0. The Kier molecular flexibility index (Phi) is 4.16. The van der Waals surface area contributed by atoms with Gasteiger partial charge in [0.1, 0.15) is 0 Å². The zero-order valence-electron chi connectivity index (χ0n) is 8.71. The molecule has 1 unspecified atom stereocenters. The first-order chi connectivity index (χ1) is 6.18. The molecule has 0 radical (unpaired) electrons. The van der Waals surface area contributed by atoms with Crippen LogP contribution in [-0.4, -0.2) is 32.0 Å². The van der Waals surface area contributed by atoms with E-state index in [4.69, 9.17) is 15.2 Å². The third kappa shape index (κ3) is 3.25. The van der Waals surface area contributed by atoms with Crippen LogP contribution in [0.4, 0.5) is 0 Å². The van der Waals surface area contributed by atoms with Crippen LogP contribution in [0.1, 0.15) is 32.6 Å². The van der Waals surface area contributed by atoms with Crippen molar-refractivity contribution in [2.75, 3.05) is 20.3 Å². The summed E-state index contributed by atoms with van der Waals surface area (Å²) in [5.41, 5.74) is 5.71. The molecule has 1 aliphatic heterocycles. The van der Waals surface area contributed by atoms with Gasteiger partial charge in [-0.1, -0.05) is 0 Å². The Bertz CT molecular complexity index is 136. The molecular weight excluding hydrogens is 166 g/mol. The molecule has 0 amide bonds. The van der Waals surface area contributed by atoms with E-state index >= 15 is 0 Å². The van der Waals surface area contributed by atoms with E-state index < -0.39 is 0 Å². The summed E-state index contributed by atoms with van der Waals surface area (Å²) in [7, 11) is 1.72. The molecule has 0 aromatic heterocycles. The second-order valence-corrected chi connectivity index (χ2v) is 4.10. The molecular formula is C10H21NO2. The highest BCUT2D eigenvalue weighted by Crippen LogP contribution is 2.29. The van der Waals surface area contributed by atoms with Crippen LogP contribution in [0.25, 0.3) is 0 Å². The van der Waals surface area contributed by atoms with Gasteiger partial charge >= 0.3 is 0 Å². The van der Waals surface area contributed by atoms with Crippen LogP contribution in [0.15, 0.2) is 0 Å². The molecule has 0 bridgehead atoms. The first kappa shape index (κ1) is 11.0. The summed E-state index contributed by atoms with van der Waals surface area (Å²) in [5, 5.41) is 0. The molecule has 2 atom stereocenters. The van der Waals surface area contributed by atoms with E-state index in [1.54, 1.807) is 7.11 Å². The zero-order valence-corrected chi connectivity index (χ0v) is 8.71. The number of methoxy groups -OCH3 is 1. The molecule has 0 spiro atoms. The summed E-state index contributed by atoms with van der Waals surface area (Å²) in [5.74, 6) is 0. The van der Waals surface area contributed by atoms with Gasteiger partial charge in [-0.25, -0.2) is 0 Å². The summed E-state index contributed by atoms with van der Waals surface area (Å²) in [6, 6.07) is 0.188. The molecule has 0 aromatic rings. The predicted octanol–water partition coefficient (Wildman–Crippen LogP) is 1.31. The van der Waals surface area contributed by atoms with Gasteiger partial charge in [0.2, 0.25) is 0 Å². The van der Waals surface area contributed by atoms with Gasteiger partial charge in [0.25, 0.3) is 0 Å². The SMILES string of the molecule is COCC1(C[C@H](C)N)CCCCO1. The second kappa shape index (κ2) is 4.94. The lowest BCUT2D eigenvalue weighted by Gasteiger charge is -2.37. The largest absolute Gasteiger partial charge is 0.382 e. The van der Waals surface area contributed by atoms with Gasteiger partial charge in [0.05, 0.1) is 12.2 Å². The highest BCUT2D eigenvalue weighted by molar-refractivity contribution is 4.86. The fourth-order valence-corrected chi connectivity index (χ4v) is 2.09. The minimum Gasteiger partial charge on any atom is -0.382 e. The first-order valence-corrected chi connectivity index (χ1v) is 5.07. The van der Waals surface area contributed by atoms with E-state index in [1.807, 2.05) is 6.92 Å². The number of hydrogen-bond acceptors (Lipinski definition) is 3. The molecule has 1 saturated heterocycles. The van der Waals surface area contributed by atoms with Crippen LogP contribution < -0.4 is 5.73 Å². The highest BCUT2D eigenvalue weighted by Gasteiger charge is 2.33. The van der Waals surface area contributed by atoms with Crippen LogP contribution in [0.5, 0.6) is 0 Å². The maximum atomic E-state index is 5.81. The van der Waals surface area contributed by atoms with Crippen LogP contribution in [-0.2, 0) is 9.47 Å². The quantitative estimate of drug-likeness (QED) is 0.721. The third-order valence-electron chi connectivity index (χ3n) is 2.54. The van der Waals surface area contributed by atoms with Crippen molar-refractivity contribution < 1.29 is 9.47 Å². The van der Waals surface area contributed by atoms with Crippen LogP contribution in [0, 0.1) is 0 Å². The van der Waals surface area contributed by atoms with Gasteiger partial charge in [-0.15, -0.1) is 0 Å². The Morgan fingerprint density at radius 2 is 2.31 bits per heavy atom. The smallest absolute Gasteiger partial charge is 0.0929 e. The molecule has 0 saturated carbocycles. The summed E-state index contributed by atoms with van der Waals surface area (Å²) in [6.45, 7) is 3.56. The number of hydrogen-bond donors (Lipinski definition) is 1. The Morgan fingerprint density at radius 1 is 1.54 bits per heavy atom. The third-order valence-corrected chi connectivity index (χ3v) is 2.54. The molecule has 1 rings (SSSR count). The number of nitrogens with two attached hydrogens (primary N) is 1. The maximum absolute atomic E-state index is 5.81. The van der Waals surface area contributed by atoms with Gasteiger partial charge in [-0.2, -0.15) is 0 Å². The normalized spacial score (nSPS) is 31.6. The van der Waals surface area contributed by atoms with E-state index in [0.717, 1.165) is 19.4 Å². The van der Waals surface area contributed by atoms with E-state index in [0.29, 0.717) is 6.61 Å². The zero-order chi connectivity index (χ0) is 9.73. The lowest BCUT2D eigenvalue weighted by molar-refractivity contribution is -0.122. The topological polar surface area (TPSA) is 44.5 Å². The maximum Gasteiger partial charge on any atom is 0.0929 e. The Morgan fingerprint density at radius 3 is 2.77 bits per heavy atom. The summed E-state index contributed by atoms with van der Waals surface area (Å²) in [4.78, 5) is 0.